The predicted molar refractivity (Wildman–Crippen MR) is 218 cm³/mol. The number of aromatic nitrogens is 4. The maximum Gasteiger partial charge on any atom is 0.156 e. The summed E-state index contributed by atoms with van der Waals surface area (Å²) in [5.41, 5.74) is 4.79. The number of ether oxygens (including phenoxy) is 1. The summed E-state index contributed by atoms with van der Waals surface area (Å²) in [4.78, 5) is 2.47. The number of rotatable bonds is 9. The van der Waals surface area contributed by atoms with Crippen LogP contribution in [0.2, 0.25) is 0 Å². The highest BCUT2D eigenvalue weighted by molar-refractivity contribution is 6.02. The number of hydrogen-bond donors (Lipinski definition) is 4. The summed E-state index contributed by atoms with van der Waals surface area (Å²) in [5.74, 6) is 10.1. The zero-order chi connectivity index (χ0) is 38.1. The first-order chi connectivity index (χ1) is 26.7. The fraction of sp³-hybridized carbons (Fsp3) is 0.289. The number of nitrogens with one attached hydrogen (secondary N) is 2. The van der Waals surface area contributed by atoms with Gasteiger partial charge in [-0.25, -0.2) is 0 Å². The summed E-state index contributed by atoms with van der Waals surface area (Å²) in [6.45, 7) is 6.45. The lowest BCUT2D eigenvalue weighted by Crippen LogP contribution is -2.49. The summed E-state index contributed by atoms with van der Waals surface area (Å²) in [6.07, 6.45) is 9.33. The van der Waals surface area contributed by atoms with Gasteiger partial charge in [0, 0.05) is 76.1 Å². The molecule has 4 aromatic carbocycles. The van der Waals surface area contributed by atoms with E-state index in [1.54, 1.807) is 38.3 Å². The largest absolute Gasteiger partial charge is 0.507 e. The summed E-state index contributed by atoms with van der Waals surface area (Å²) in [7, 11) is 1.76. The Morgan fingerprint density at radius 2 is 1.44 bits per heavy atom. The number of fused-ring (bicyclic) bond motifs is 2. The van der Waals surface area contributed by atoms with Gasteiger partial charge < -0.3 is 25.6 Å². The van der Waals surface area contributed by atoms with Crippen LogP contribution in [-0.4, -0.2) is 73.4 Å². The molecule has 2 aliphatic rings. The summed E-state index contributed by atoms with van der Waals surface area (Å²) in [5, 5.41) is 51.4. The number of anilines is 2. The molecule has 0 radical (unpaired) electrons. The number of likely N-dealkylation sites (tertiary alicyclic amines) is 1. The minimum Gasteiger partial charge on any atom is -0.507 e. The van der Waals surface area contributed by atoms with Crippen LogP contribution in [0.25, 0.3) is 44.1 Å². The van der Waals surface area contributed by atoms with Crippen LogP contribution in [0.4, 0.5) is 11.6 Å². The van der Waals surface area contributed by atoms with Gasteiger partial charge in [-0.1, -0.05) is 48.2 Å². The smallest absolute Gasteiger partial charge is 0.156 e. The quantitative estimate of drug-likeness (QED) is 0.110. The van der Waals surface area contributed by atoms with Crippen LogP contribution in [-0.2, 0) is 11.3 Å². The van der Waals surface area contributed by atoms with E-state index in [0.29, 0.717) is 28.1 Å². The Kier molecular flexibility index (Phi) is 9.71. The standard InChI is InChI=1S/C45H43N7O3/c1-5-10-29-15-19-37(40(54)23-29)42-34-17-16-30(21-38(34)44(51-49-42)47-32-24-45(3,25-32)55-4)26-52-20-9-11-31(27-52)46-43-35-13-8-7-12-33(35)41(48-50-43)36-18-14-28(6-2)22-39(36)53/h2,7-8,12-19,21-23,31-32,53-54H,9,11,20,24-27H2,1,3-4H3,(H,46,50)(H,47,51)/t31-,32?,45?/m1/s1. The van der Waals surface area contributed by atoms with Gasteiger partial charge in [-0.05, 0) is 94.1 Å². The molecule has 0 bridgehead atoms. The molecule has 8 rings (SSSR count). The number of terminal acetylenes is 1. The van der Waals surface area contributed by atoms with Gasteiger partial charge >= 0.3 is 0 Å². The molecule has 1 saturated heterocycles. The number of aromatic hydroxyl groups is 2. The average molecular weight is 730 g/mol. The first kappa shape index (κ1) is 35.8. The van der Waals surface area contributed by atoms with Crippen LogP contribution >= 0.6 is 0 Å². The second-order valence-corrected chi connectivity index (χ2v) is 14.8. The molecule has 4 N–H and O–H groups in total. The van der Waals surface area contributed by atoms with Crippen molar-refractivity contribution in [2.75, 3.05) is 30.8 Å². The number of methoxy groups -OCH3 is 1. The predicted octanol–water partition coefficient (Wildman–Crippen LogP) is 7.73. The first-order valence-electron chi connectivity index (χ1n) is 18.7. The molecule has 276 valence electrons. The van der Waals surface area contributed by atoms with E-state index in [1.807, 2.05) is 36.4 Å². The molecule has 0 unspecified atom stereocenters. The van der Waals surface area contributed by atoms with Crippen LogP contribution < -0.4 is 10.6 Å². The molecule has 55 heavy (non-hydrogen) atoms. The molecule has 6 aromatic rings. The maximum absolute atomic E-state index is 11.0. The third kappa shape index (κ3) is 7.23. The van der Waals surface area contributed by atoms with E-state index in [0.717, 1.165) is 89.6 Å². The topological polar surface area (TPSA) is 129 Å². The van der Waals surface area contributed by atoms with Crippen molar-refractivity contribution in [3.8, 4) is 58.2 Å². The van der Waals surface area contributed by atoms with E-state index in [9.17, 15) is 10.2 Å². The summed E-state index contributed by atoms with van der Waals surface area (Å²) < 4.78 is 5.71. The lowest BCUT2D eigenvalue weighted by atomic mass is 9.77. The lowest BCUT2D eigenvalue weighted by molar-refractivity contribution is -0.0625. The van der Waals surface area contributed by atoms with E-state index in [1.165, 1.54) is 0 Å². The van der Waals surface area contributed by atoms with Crippen LogP contribution in [0, 0.1) is 24.2 Å². The monoisotopic (exact) mass is 729 g/mol. The van der Waals surface area contributed by atoms with Gasteiger partial charge in [0.15, 0.2) is 11.6 Å². The summed E-state index contributed by atoms with van der Waals surface area (Å²) in [6, 6.07) is 25.4. The molecule has 0 spiro atoms. The Morgan fingerprint density at radius 3 is 2.11 bits per heavy atom. The molecule has 10 heteroatoms. The highest BCUT2D eigenvalue weighted by atomic mass is 16.5. The highest BCUT2D eigenvalue weighted by Gasteiger charge is 2.41. The second-order valence-electron chi connectivity index (χ2n) is 14.8. The van der Waals surface area contributed by atoms with Crippen molar-refractivity contribution in [3.63, 3.8) is 0 Å². The van der Waals surface area contributed by atoms with E-state index < -0.39 is 0 Å². The van der Waals surface area contributed by atoms with Crippen LogP contribution in [0.1, 0.15) is 56.2 Å². The number of benzene rings is 4. The molecule has 3 heterocycles. The molecule has 1 atom stereocenters. The third-order valence-electron chi connectivity index (χ3n) is 10.9. The Morgan fingerprint density at radius 1 is 0.800 bits per heavy atom. The van der Waals surface area contributed by atoms with Gasteiger partial charge in [0.05, 0.1) is 5.60 Å². The SMILES string of the molecule is C#Cc1ccc(-c2nnc(N[C@@H]3CCCN(Cc4ccc5c(-c6ccc(C#CC)cc6O)nnc(NC6CC(C)(OC)C6)c5c4)C3)c3ccccc23)c(O)c1. The van der Waals surface area contributed by atoms with Crippen molar-refractivity contribution in [2.24, 2.45) is 0 Å². The summed E-state index contributed by atoms with van der Waals surface area (Å²) >= 11 is 0. The van der Waals surface area contributed by atoms with Crippen molar-refractivity contribution < 1.29 is 14.9 Å². The molecular weight excluding hydrogens is 687 g/mol. The molecular formula is C45H43N7O3. The Hall–Kier alpha value is -6.20. The van der Waals surface area contributed by atoms with Gasteiger partial charge in [0.1, 0.15) is 22.9 Å². The number of hydrogen-bond acceptors (Lipinski definition) is 10. The molecule has 10 nitrogen and oxygen atoms in total. The highest BCUT2D eigenvalue weighted by Crippen LogP contribution is 2.40. The van der Waals surface area contributed by atoms with Gasteiger partial charge in [0.25, 0.3) is 0 Å². The van der Waals surface area contributed by atoms with Crippen LogP contribution in [0.15, 0.2) is 78.9 Å². The molecule has 0 amide bonds. The van der Waals surface area contributed by atoms with Crippen molar-refractivity contribution in [1.82, 2.24) is 25.3 Å². The van der Waals surface area contributed by atoms with Gasteiger partial charge in [-0.15, -0.1) is 32.7 Å². The van der Waals surface area contributed by atoms with Gasteiger partial charge in [-0.2, -0.15) is 0 Å². The molecule has 1 saturated carbocycles. The van der Waals surface area contributed by atoms with E-state index in [-0.39, 0.29) is 29.2 Å². The Balaban J connectivity index is 1.05. The molecule has 2 aromatic heterocycles. The normalized spacial score (nSPS) is 19.6. The zero-order valence-electron chi connectivity index (χ0n) is 31.2. The van der Waals surface area contributed by atoms with E-state index >= 15 is 0 Å². The van der Waals surface area contributed by atoms with Gasteiger partial charge in [0.2, 0.25) is 0 Å². The first-order valence-corrected chi connectivity index (χ1v) is 18.7. The zero-order valence-corrected chi connectivity index (χ0v) is 31.2. The molecule has 2 fully saturated rings. The van der Waals surface area contributed by atoms with Crippen LogP contribution in [0.5, 0.6) is 11.5 Å². The second kappa shape index (κ2) is 14.9. The van der Waals surface area contributed by atoms with Crippen molar-refractivity contribution in [3.05, 3.63) is 95.6 Å². The maximum atomic E-state index is 11.0. The Bertz CT molecular complexity index is 2530. The number of phenolic OH excluding ortho intramolecular Hbond substituents is 2. The fourth-order valence-electron chi connectivity index (χ4n) is 8.00. The average Bonchev–Trinajstić information content (AvgIpc) is 3.18. The number of piperidine rings is 1. The van der Waals surface area contributed by atoms with Crippen molar-refractivity contribution in [1.29, 1.82) is 0 Å². The Labute approximate surface area is 321 Å². The fourth-order valence-corrected chi connectivity index (χ4v) is 8.00. The van der Waals surface area contributed by atoms with Crippen molar-refractivity contribution in [2.45, 2.75) is 63.8 Å². The minimum atomic E-state index is -0.141. The minimum absolute atomic E-state index is 0.0741. The van der Waals surface area contributed by atoms with E-state index in [2.05, 4.69) is 78.8 Å². The molecule has 1 aliphatic heterocycles. The van der Waals surface area contributed by atoms with E-state index in [4.69, 9.17) is 11.2 Å². The molecule has 1 aliphatic carbocycles. The van der Waals surface area contributed by atoms with Crippen LogP contribution in [0.3, 0.4) is 0 Å². The lowest BCUT2D eigenvalue weighted by Gasteiger charge is -2.44. The third-order valence-corrected chi connectivity index (χ3v) is 10.9. The van der Waals surface area contributed by atoms with Crippen molar-refractivity contribution >= 4 is 33.2 Å². The van der Waals surface area contributed by atoms with Gasteiger partial charge in [-0.3, -0.25) is 4.90 Å². The number of nitrogens with zero attached hydrogens (tertiary/aromatic N) is 5. The number of phenols is 2.